The van der Waals surface area contributed by atoms with Crippen molar-refractivity contribution in [3.8, 4) is 0 Å². The number of methoxy groups -OCH3 is 2. The molecule has 0 fully saturated rings. The third-order valence-corrected chi connectivity index (χ3v) is 6.58. The van der Waals surface area contributed by atoms with Crippen LogP contribution >= 0.6 is 11.3 Å². The first-order valence-corrected chi connectivity index (χ1v) is 9.57. The number of amides is 1. The molecule has 0 radical (unpaired) electrons. The van der Waals surface area contributed by atoms with Crippen molar-refractivity contribution >= 4 is 44.0 Å². The van der Waals surface area contributed by atoms with Gasteiger partial charge in [0.2, 0.25) is 5.91 Å². The fourth-order valence-electron chi connectivity index (χ4n) is 1.92. The molecule has 138 valence electrons. The van der Waals surface area contributed by atoms with Gasteiger partial charge >= 0.3 is 11.9 Å². The van der Waals surface area contributed by atoms with Gasteiger partial charge in [0.1, 0.15) is 15.1 Å². The molecule has 0 bridgehead atoms. The van der Waals surface area contributed by atoms with Gasteiger partial charge in [-0.3, -0.25) is 4.79 Å². The molecule has 1 amide bonds. The van der Waals surface area contributed by atoms with E-state index in [1.807, 2.05) is 0 Å². The van der Waals surface area contributed by atoms with Crippen LogP contribution in [0.2, 0.25) is 0 Å². The van der Waals surface area contributed by atoms with Crippen LogP contribution in [0.3, 0.4) is 0 Å². The van der Waals surface area contributed by atoms with Crippen molar-refractivity contribution in [3.63, 3.8) is 0 Å². The molecule has 1 atom stereocenters. The predicted octanol–water partition coefficient (Wildman–Crippen LogP) is 1.56. The molecule has 0 aromatic carbocycles. The summed E-state index contributed by atoms with van der Waals surface area (Å²) in [7, 11) is -1.39. The van der Waals surface area contributed by atoms with Crippen LogP contribution in [0.4, 0.5) is 5.00 Å². The Bertz CT molecular complexity index is 808. The zero-order valence-corrected chi connectivity index (χ0v) is 15.9. The van der Waals surface area contributed by atoms with Crippen LogP contribution in [0.25, 0.3) is 0 Å². The molecule has 0 saturated heterocycles. The van der Waals surface area contributed by atoms with E-state index in [0.717, 1.165) is 18.4 Å². The average molecular weight is 389 g/mol. The molecule has 10 heteroatoms. The van der Waals surface area contributed by atoms with E-state index >= 15 is 0 Å². The van der Waals surface area contributed by atoms with Gasteiger partial charge in [0.15, 0.2) is 9.84 Å². The lowest BCUT2D eigenvalue weighted by Gasteiger charge is -2.12. The predicted molar refractivity (Wildman–Crippen MR) is 93.8 cm³/mol. The Labute approximate surface area is 149 Å². The van der Waals surface area contributed by atoms with Crippen LogP contribution < -0.4 is 5.32 Å². The van der Waals surface area contributed by atoms with Crippen molar-refractivity contribution in [1.29, 1.82) is 0 Å². The zero-order chi connectivity index (χ0) is 19.4. The number of hydrogen-bond acceptors (Lipinski definition) is 8. The molecule has 0 spiro atoms. The van der Waals surface area contributed by atoms with Crippen molar-refractivity contribution in [3.05, 3.63) is 28.7 Å². The Kier molecular flexibility index (Phi) is 6.88. The lowest BCUT2D eigenvalue weighted by atomic mass is 10.1. The van der Waals surface area contributed by atoms with E-state index in [1.54, 1.807) is 0 Å². The number of nitrogens with one attached hydrogen (secondary N) is 1. The molecule has 0 aliphatic heterocycles. The van der Waals surface area contributed by atoms with Gasteiger partial charge in [0.25, 0.3) is 0 Å². The Balaban J connectivity index is 3.28. The number of ether oxygens (including phenoxy) is 2. The number of carbonyl (C=O) groups excluding carboxylic acids is 3. The van der Waals surface area contributed by atoms with Gasteiger partial charge in [-0.2, -0.15) is 0 Å². The summed E-state index contributed by atoms with van der Waals surface area (Å²) < 4.78 is 33.2. The van der Waals surface area contributed by atoms with Crippen LogP contribution in [0, 0.1) is 6.92 Å². The number of esters is 2. The second-order valence-electron chi connectivity index (χ2n) is 4.99. The van der Waals surface area contributed by atoms with Crippen LogP contribution in [0.1, 0.15) is 32.5 Å². The number of rotatable bonds is 7. The van der Waals surface area contributed by atoms with Crippen LogP contribution in [0.5, 0.6) is 0 Å². The quantitative estimate of drug-likeness (QED) is 0.556. The Morgan fingerprint density at radius 3 is 2.28 bits per heavy atom. The van der Waals surface area contributed by atoms with Gasteiger partial charge in [0, 0.05) is 0 Å². The Morgan fingerprint density at radius 1 is 1.24 bits per heavy atom. The molecule has 1 aromatic heterocycles. The molecule has 1 N–H and O–H groups in total. The summed E-state index contributed by atoms with van der Waals surface area (Å²) in [5.74, 6) is -2.63. The molecule has 25 heavy (non-hydrogen) atoms. The van der Waals surface area contributed by atoms with E-state index in [2.05, 4.69) is 21.4 Å². The third-order valence-electron chi connectivity index (χ3n) is 3.40. The smallest absolute Gasteiger partial charge is 0.348 e. The first-order valence-electron chi connectivity index (χ1n) is 7.04. The molecule has 0 saturated carbocycles. The molecule has 8 nitrogen and oxygen atoms in total. The van der Waals surface area contributed by atoms with Gasteiger partial charge < -0.3 is 14.8 Å². The number of anilines is 1. The monoisotopic (exact) mass is 389 g/mol. The highest BCUT2D eigenvalue weighted by Crippen LogP contribution is 2.34. The minimum absolute atomic E-state index is 0.0189. The Hall–Kier alpha value is -2.20. The second-order valence-corrected chi connectivity index (χ2v) is 8.38. The number of carbonyl (C=O) groups is 3. The summed E-state index contributed by atoms with van der Waals surface area (Å²) in [6.45, 7) is 6.07. The summed E-state index contributed by atoms with van der Waals surface area (Å²) >= 11 is 0.810. The van der Waals surface area contributed by atoms with Crippen LogP contribution in [-0.4, -0.2) is 51.5 Å². The largest absolute Gasteiger partial charge is 0.465 e. The van der Waals surface area contributed by atoms with Crippen LogP contribution in [0.15, 0.2) is 12.7 Å². The zero-order valence-electron chi connectivity index (χ0n) is 14.2. The lowest BCUT2D eigenvalue weighted by Crippen LogP contribution is -2.33. The maximum Gasteiger partial charge on any atom is 0.348 e. The van der Waals surface area contributed by atoms with Crippen molar-refractivity contribution in [2.75, 3.05) is 25.3 Å². The summed E-state index contributed by atoms with van der Waals surface area (Å²) in [4.78, 5) is 36.2. The number of thiophene rings is 1. The van der Waals surface area contributed by atoms with Gasteiger partial charge in [-0.1, -0.05) is 6.08 Å². The third kappa shape index (κ3) is 4.45. The van der Waals surface area contributed by atoms with E-state index in [-0.39, 0.29) is 26.8 Å². The van der Waals surface area contributed by atoms with Gasteiger partial charge in [-0.15, -0.1) is 17.9 Å². The molecular weight excluding hydrogens is 370 g/mol. The lowest BCUT2D eigenvalue weighted by molar-refractivity contribution is -0.115. The summed E-state index contributed by atoms with van der Waals surface area (Å²) in [5.41, 5.74) is 0.259. The highest BCUT2D eigenvalue weighted by Gasteiger charge is 2.31. The van der Waals surface area contributed by atoms with Crippen molar-refractivity contribution in [1.82, 2.24) is 0 Å². The van der Waals surface area contributed by atoms with E-state index in [4.69, 9.17) is 0 Å². The van der Waals surface area contributed by atoms with E-state index in [9.17, 15) is 22.8 Å². The van der Waals surface area contributed by atoms with E-state index in [1.165, 1.54) is 27.0 Å². The van der Waals surface area contributed by atoms with Gasteiger partial charge in [-0.25, -0.2) is 18.0 Å². The highest BCUT2D eigenvalue weighted by molar-refractivity contribution is 7.92. The SMILES string of the molecule is C=CCS(=O)(=O)C(C)C(=O)Nc1sc(C(=O)OC)c(C)c1C(=O)OC. The first kappa shape index (κ1) is 20.8. The highest BCUT2D eigenvalue weighted by atomic mass is 32.2. The van der Waals surface area contributed by atoms with E-state index in [0.29, 0.717) is 0 Å². The normalized spacial score (nSPS) is 12.2. The fraction of sp³-hybridized carbons (Fsp3) is 0.400. The molecule has 1 aromatic rings. The van der Waals surface area contributed by atoms with Crippen molar-refractivity contribution in [2.24, 2.45) is 0 Å². The van der Waals surface area contributed by atoms with Crippen LogP contribution in [-0.2, 0) is 24.1 Å². The summed E-state index contributed by atoms with van der Waals surface area (Å²) in [6.07, 6.45) is 1.18. The molecule has 1 heterocycles. The minimum Gasteiger partial charge on any atom is -0.465 e. The molecule has 1 unspecified atom stereocenters. The molecule has 1 rings (SSSR count). The number of hydrogen-bond donors (Lipinski definition) is 1. The summed E-state index contributed by atoms with van der Waals surface area (Å²) in [5, 5.41) is 1.05. The standard InChI is InChI=1S/C15H19NO7S2/c1-6-7-25(20,21)9(3)12(17)16-13-10(14(18)22-4)8(2)11(24-13)15(19)23-5/h6,9H,1,7H2,2-5H3,(H,16,17). The van der Waals surface area contributed by atoms with Gasteiger partial charge in [0.05, 0.1) is 25.5 Å². The average Bonchev–Trinajstić information content (AvgIpc) is 2.88. The molecule has 0 aliphatic rings. The second kappa shape index (κ2) is 8.26. The fourth-order valence-corrected chi connectivity index (χ4v) is 4.04. The first-order chi connectivity index (χ1) is 11.6. The summed E-state index contributed by atoms with van der Waals surface area (Å²) in [6, 6.07) is 0. The minimum atomic E-state index is -3.73. The molecule has 0 aliphatic carbocycles. The van der Waals surface area contributed by atoms with Crippen molar-refractivity contribution < 1.29 is 32.3 Å². The maximum atomic E-state index is 12.3. The topological polar surface area (TPSA) is 116 Å². The molecular formula is C15H19NO7S2. The van der Waals surface area contributed by atoms with Gasteiger partial charge in [-0.05, 0) is 19.4 Å². The van der Waals surface area contributed by atoms with Crippen molar-refractivity contribution in [2.45, 2.75) is 19.1 Å². The number of sulfone groups is 1. The van der Waals surface area contributed by atoms with E-state index < -0.39 is 32.9 Å². The Morgan fingerprint density at radius 2 is 1.80 bits per heavy atom. The maximum absolute atomic E-state index is 12.3.